The quantitative estimate of drug-likeness (QED) is 0.506. The Morgan fingerprint density at radius 2 is 1.97 bits per heavy atom. The predicted octanol–water partition coefficient (Wildman–Crippen LogP) is 4.29. The van der Waals surface area contributed by atoms with Gasteiger partial charge < -0.3 is 9.53 Å². The number of nitrogens with zero attached hydrogens (tertiary/aromatic N) is 1. The largest absolute Gasteiger partial charge is 0.371 e. The lowest BCUT2D eigenvalue weighted by atomic mass is 9.96. The molecule has 2 saturated heterocycles. The molecule has 2 aliphatic rings. The van der Waals surface area contributed by atoms with E-state index in [-0.39, 0.29) is 24.0 Å². The Morgan fingerprint density at radius 1 is 1.23 bits per heavy atom. The highest BCUT2D eigenvalue weighted by Crippen LogP contribution is 2.29. The highest BCUT2D eigenvalue weighted by Gasteiger charge is 2.40. The molecule has 2 fully saturated rings. The average molecular weight is 449 g/mol. The van der Waals surface area contributed by atoms with E-state index in [4.69, 9.17) is 4.74 Å². The molecule has 0 saturated carbocycles. The molecule has 4 unspecified atom stereocenters. The number of benzene rings is 2. The molecule has 31 heavy (non-hydrogen) atoms. The molecule has 168 valence electrons. The molecule has 1 N–H and O–H groups in total. The third kappa shape index (κ3) is 6.13. The highest BCUT2D eigenvalue weighted by molar-refractivity contribution is 7.97. The summed E-state index contributed by atoms with van der Waals surface area (Å²) >= 11 is 1.52. The van der Waals surface area contributed by atoms with Gasteiger partial charge in [0, 0.05) is 30.3 Å². The van der Waals surface area contributed by atoms with Gasteiger partial charge >= 0.3 is 0 Å². The summed E-state index contributed by atoms with van der Waals surface area (Å²) in [6, 6.07) is 14.7. The van der Waals surface area contributed by atoms with Crippen molar-refractivity contribution < 1.29 is 18.3 Å². The lowest BCUT2D eigenvalue weighted by Gasteiger charge is -2.26. The van der Waals surface area contributed by atoms with Gasteiger partial charge in [-0.3, -0.25) is 9.62 Å². The van der Waals surface area contributed by atoms with Crippen LogP contribution >= 0.6 is 11.9 Å². The first-order valence-electron chi connectivity index (χ1n) is 10.7. The van der Waals surface area contributed by atoms with Crippen molar-refractivity contribution in [2.45, 2.75) is 44.1 Å². The van der Waals surface area contributed by atoms with E-state index < -0.39 is 6.17 Å². The van der Waals surface area contributed by atoms with E-state index >= 15 is 4.39 Å². The molecule has 0 bridgehead atoms. The van der Waals surface area contributed by atoms with E-state index in [1.165, 1.54) is 11.9 Å². The van der Waals surface area contributed by atoms with E-state index in [1.807, 2.05) is 61.3 Å². The van der Waals surface area contributed by atoms with Crippen LogP contribution in [0.25, 0.3) is 11.1 Å². The first-order chi connectivity index (χ1) is 15.0. The fourth-order valence-electron chi connectivity index (χ4n) is 3.82. The van der Waals surface area contributed by atoms with Crippen molar-refractivity contribution in [1.82, 2.24) is 9.62 Å². The maximum Gasteiger partial charge on any atom is 0.148 e. The summed E-state index contributed by atoms with van der Waals surface area (Å²) in [7, 11) is 1.91. The number of aldehydes is 1. The third-order valence-corrected chi connectivity index (χ3v) is 6.40. The molecule has 2 aromatic carbocycles. The lowest BCUT2D eigenvalue weighted by molar-refractivity contribution is -0.129. The van der Waals surface area contributed by atoms with Crippen LogP contribution in [0, 0.1) is 5.82 Å². The molecule has 7 heteroatoms. The van der Waals surface area contributed by atoms with Crippen LogP contribution in [0.4, 0.5) is 8.78 Å². The van der Waals surface area contributed by atoms with Crippen molar-refractivity contribution in [1.29, 1.82) is 0 Å². The number of carbonyl (C=O) groups is 1. The van der Waals surface area contributed by atoms with Crippen molar-refractivity contribution >= 4 is 18.2 Å². The molecule has 2 heterocycles. The van der Waals surface area contributed by atoms with Gasteiger partial charge in [0.2, 0.25) is 0 Å². The van der Waals surface area contributed by atoms with E-state index in [0.717, 1.165) is 30.6 Å². The zero-order valence-electron chi connectivity index (χ0n) is 18.0. The van der Waals surface area contributed by atoms with E-state index in [0.29, 0.717) is 24.1 Å². The molecule has 4 nitrogen and oxygen atoms in total. The van der Waals surface area contributed by atoms with Gasteiger partial charge in [0.05, 0.1) is 12.6 Å². The van der Waals surface area contributed by atoms with Gasteiger partial charge in [-0.2, -0.15) is 0 Å². The average Bonchev–Trinajstić information content (AvgIpc) is 3.00. The summed E-state index contributed by atoms with van der Waals surface area (Å²) in [6.07, 6.45) is 1.25. The van der Waals surface area contributed by atoms with Gasteiger partial charge in [0.25, 0.3) is 0 Å². The minimum absolute atomic E-state index is 0.0606. The van der Waals surface area contributed by atoms with Crippen molar-refractivity contribution in [3.8, 4) is 11.1 Å². The third-order valence-electron chi connectivity index (χ3n) is 5.68. The summed E-state index contributed by atoms with van der Waals surface area (Å²) in [4.78, 5) is 11.7. The monoisotopic (exact) mass is 448 g/mol. The fourth-order valence-corrected chi connectivity index (χ4v) is 4.48. The molecule has 0 aliphatic carbocycles. The number of nitrogens with one attached hydrogen (secondary N) is 1. The Balaban J connectivity index is 0.000000391. The highest BCUT2D eigenvalue weighted by atomic mass is 32.2. The summed E-state index contributed by atoms with van der Waals surface area (Å²) in [5, 5.41) is 0. The molecule has 0 aromatic heterocycles. The van der Waals surface area contributed by atoms with Crippen LogP contribution in [0.3, 0.4) is 0 Å². The molecule has 0 spiro atoms. The smallest absolute Gasteiger partial charge is 0.148 e. The molecule has 2 aliphatic heterocycles. The number of likely N-dealkylation sites (tertiary alicyclic amines) is 1. The predicted molar refractivity (Wildman–Crippen MR) is 122 cm³/mol. The number of hydrogen-bond donors (Lipinski definition) is 1. The zero-order valence-corrected chi connectivity index (χ0v) is 18.8. The maximum atomic E-state index is 15.1. The molecule has 0 amide bonds. The minimum Gasteiger partial charge on any atom is -0.371 e. The van der Waals surface area contributed by atoms with Crippen LogP contribution in [0.1, 0.15) is 18.9 Å². The SMILES string of the molecule is CCSNC1C(F)CN(C)C1Cc1cccc(-c2ccccc2)c1F.O=CC1CCO1. The van der Waals surface area contributed by atoms with Gasteiger partial charge in [0.15, 0.2) is 0 Å². The van der Waals surface area contributed by atoms with E-state index in [2.05, 4.69) is 4.72 Å². The summed E-state index contributed by atoms with van der Waals surface area (Å²) in [5.41, 5.74) is 2.10. The standard InChI is InChI=1S/C20H24F2N2S.C4H6O2/c1-3-25-23-20-17(21)13-24(2)18(20)12-15-10-7-11-16(19(15)22)14-8-5-4-6-9-14;5-3-4-1-2-6-4/h4-11,17-18,20,23H,3,12-13H2,1-2H3;3-4H,1-2H2. The van der Waals surface area contributed by atoms with Crippen LogP contribution < -0.4 is 4.72 Å². The Morgan fingerprint density at radius 3 is 2.55 bits per heavy atom. The second-order valence-corrected chi connectivity index (χ2v) is 8.88. The number of likely N-dealkylation sites (N-methyl/N-ethyl adjacent to an activating group) is 1. The molecule has 0 radical (unpaired) electrons. The normalized spacial score (nSPS) is 25.4. The minimum atomic E-state index is -0.936. The summed E-state index contributed by atoms with van der Waals surface area (Å²) < 4.78 is 37.4. The topological polar surface area (TPSA) is 41.6 Å². The van der Waals surface area contributed by atoms with Crippen LogP contribution in [0.15, 0.2) is 48.5 Å². The molecular weight excluding hydrogens is 418 g/mol. The molecule has 4 rings (SSSR count). The van der Waals surface area contributed by atoms with Crippen molar-refractivity contribution in [2.24, 2.45) is 0 Å². The van der Waals surface area contributed by atoms with Gasteiger partial charge in [-0.15, -0.1) is 0 Å². The van der Waals surface area contributed by atoms with Crippen molar-refractivity contribution in [3.63, 3.8) is 0 Å². The van der Waals surface area contributed by atoms with Crippen LogP contribution in [-0.4, -0.2) is 61.5 Å². The zero-order chi connectivity index (χ0) is 22.2. The summed E-state index contributed by atoms with van der Waals surface area (Å²) in [5.74, 6) is 0.670. The Hall–Kier alpha value is -1.80. The van der Waals surface area contributed by atoms with E-state index in [1.54, 1.807) is 6.07 Å². The first kappa shape index (κ1) is 23.9. The lowest BCUT2D eigenvalue weighted by Crippen LogP contribution is -2.43. The van der Waals surface area contributed by atoms with Gasteiger partial charge in [-0.1, -0.05) is 67.4 Å². The second kappa shape index (κ2) is 11.7. The Labute approximate surface area is 187 Å². The van der Waals surface area contributed by atoms with Crippen LogP contribution in [-0.2, 0) is 16.0 Å². The number of ether oxygens (including phenoxy) is 1. The summed E-state index contributed by atoms with van der Waals surface area (Å²) in [6.45, 7) is 3.18. The number of hydrogen-bond acceptors (Lipinski definition) is 5. The van der Waals surface area contributed by atoms with Crippen molar-refractivity contribution in [2.75, 3.05) is 26.0 Å². The fraction of sp³-hybridized carbons (Fsp3) is 0.458. The number of halogens is 2. The van der Waals surface area contributed by atoms with Crippen molar-refractivity contribution in [3.05, 3.63) is 59.9 Å². The van der Waals surface area contributed by atoms with Gasteiger partial charge in [-0.05, 0) is 24.6 Å². The van der Waals surface area contributed by atoms with Crippen LogP contribution in [0.5, 0.6) is 0 Å². The van der Waals surface area contributed by atoms with Gasteiger partial charge in [0.1, 0.15) is 24.4 Å². The maximum absolute atomic E-state index is 15.1. The number of alkyl halides is 1. The Bertz CT molecular complexity index is 836. The number of carbonyl (C=O) groups excluding carboxylic acids is 1. The first-order valence-corrected chi connectivity index (χ1v) is 11.6. The Kier molecular flexibility index (Phi) is 9.02. The molecular formula is C24H30F2N2O2S. The van der Waals surface area contributed by atoms with Crippen LogP contribution in [0.2, 0.25) is 0 Å². The van der Waals surface area contributed by atoms with E-state index in [9.17, 15) is 9.18 Å². The number of rotatable bonds is 7. The van der Waals surface area contributed by atoms with Gasteiger partial charge in [-0.25, -0.2) is 8.78 Å². The second-order valence-electron chi connectivity index (χ2n) is 7.78. The molecule has 4 atom stereocenters. The molecule has 2 aromatic rings.